The van der Waals surface area contributed by atoms with Gasteiger partial charge in [0.05, 0.1) is 0 Å². The second-order valence-electron chi connectivity index (χ2n) is 12.4. The summed E-state index contributed by atoms with van der Waals surface area (Å²) >= 11 is 0. The van der Waals surface area contributed by atoms with Crippen molar-refractivity contribution in [1.29, 1.82) is 0 Å². The minimum Gasteiger partial charge on any atom is -0.440 e. The molecule has 2 rings (SSSR count). The fourth-order valence-corrected chi connectivity index (χ4v) is 6.56. The first-order valence-corrected chi connectivity index (χ1v) is 18.9. The highest BCUT2D eigenvalue weighted by molar-refractivity contribution is 7.27. The molecule has 0 radical (unpaired) electrons. The summed E-state index contributed by atoms with van der Waals surface area (Å²) in [5, 5.41) is 0. The Morgan fingerprint density at radius 3 is 1.38 bits per heavy atom. The fourth-order valence-electron chi connectivity index (χ4n) is 5.95. The van der Waals surface area contributed by atoms with Gasteiger partial charge in [0.25, 0.3) is 9.03 Å². The minimum atomic E-state index is -0.0116. The first-order chi connectivity index (χ1) is 20.8. The molecule has 2 nitrogen and oxygen atoms in total. The summed E-state index contributed by atoms with van der Waals surface area (Å²) in [6.45, 7) is 6.87. The Bertz CT molecular complexity index is 896. The van der Waals surface area contributed by atoms with Gasteiger partial charge in [-0.1, -0.05) is 167 Å². The zero-order valence-electron chi connectivity index (χ0n) is 27.8. The molecule has 1 unspecified atom stereocenters. The third-order valence-corrected chi connectivity index (χ3v) is 9.24. The molecule has 0 aromatic heterocycles. The molecule has 1 atom stereocenters. The van der Waals surface area contributed by atoms with Crippen LogP contribution in [0.1, 0.15) is 172 Å². The van der Waals surface area contributed by atoms with E-state index < -0.39 is 0 Å². The van der Waals surface area contributed by atoms with Gasteiger partial charge < -0.3 is 9.05 Å². The van der Waals surface area contributed by atoms with E-state index in [4.69, 9.17) is 9.05 Å². The highest BCUT2D eigenvalue weighted by Gasteiger charge is 2.11. The molecule has 3 heteroatoms. The number of rotatable bonds is 28. The molecule has 0 aliphatic heterocycles. The van der Waals surface area contributed by atoms with Crippen LogP contribution in [0.5, 0.6) is 11.5 Å². The molecule has 0 heterocycles. The van der Waals surface area contributed by atoms with Crippen LogP contribution >= 0.6 is 9.03 Å². The van der Waals surface area contributed by atoms with E-state index in [0.29, 0.717) is 0 Å². The standard InChI is InChI=1S/C39H65O2P/c1-4-7-10-13-16-19-22-28-35-31-27-34-39(37(35)32-24-21-18-15-12-9-6-3)41-42-40-38-33-26-25-30-36(38)29-23-20-17-14-11-8-5-2/h25-27,30-31,33-34,42H,4-24,28-29,32H2,1-3H3. The van der Waals surface area contributed by atoms with E-state index >= 15 is 0 Å². The Morgan fingerprint density at radius 1 is 0.405 bits per heavy atom. The number of unbranched alkanes of at least 4 members (excludes halogenated alkanes) is 18. The van der Waals surface area contributed by atoms with Crippen molar-refractivity contribution in [2.45, 2.75) is 175 Å². The van der Waals surface area contributed by atoms with Crippen LogP contribution in [0.25, 0.3) is 0 Å². The first kappa shape index (κ1) is 36.7. The largest absolute Gasteiger partial charge is 0.440 e. The SMILES string of the molecule is CCCCCCCCCc1ccccc1OPOc1cccc(CCCCCCCCC)c1CCCCCCCCC. The zero-order chi connectivity index (χ0) is 29.9. The van der Waals surface area contributed by atoms with Gasteiger partial charge in [0.1, 0.15) is 11.5 Å². The normalized spacial score (nSPS) is 11.5. The average Bonchev–Trinajstić information content (AvgIpc) is 3.01. The zero-order valence-corrected chi connectivity index (χ0v) is 28.8. The van der Waals surface area contributed by atoms with Crippen LogP contribution in [0.4, 0.5) is 0 Å². The van der Waals surface area contributed by atoms with Crippen molar-refractivity contribution in [2.24, 2.45) is 0 Å². The quantitative estimate of drug-likeness (QED) is 0.0718. The van der Waals surface area contributed by atoms with E-state index in [1.165, 1.54) is 158 Å². The molecule has 0 spiro atoms. The van der Waals surface area contributed by atoms with Crippen LogP contribution in [0.3, 0.4) is 0 Å². The van der Waals surface area contributed by atoms with Crippen LogP contribution in [-0.2, 0) is 19.3 Å². The Balaban J connectivity index is 1.90. The van der Waals surface area contributed by atoms with Gasteiger partial charge in [0.15, 0.2) is 0 Å². The molecule has 2 aromatic rings. The first-order valence-electron chi connectivity index (χ1n) is 18.1. The summed E-state index contributed by atoms with van der Waals surface area (Å²) in [6, 6.07) is 15.3. The lowest BCUT2D eigenvalue weighted by atomic mass is 9.95. The molecule has 0 bridgehead atoms. The molecular formula is C39H65O2P. The molecule has 0 amide bonds. The van der Waals surface area contributed by atoms with Crippen molar-refractivity contribution in [2.75, 3.05) is 0 Å². The highest BCUT2D eigenvalue weighted by atomic mass is 31.1. The van der Waals surface area contributed by atoms with Gasteiger partial charge in [0.2, 0.25) is 0 Å². The van der Waals surface area contributed by atoms with Crippen molar-refractivity contribution in [3.8, 4) is 11.5 Å². The smallest absolute Gasteiger partial charge is 0.275 e. The summed E-state index contributed by atoms with van der Waals surface area (Å²) in [5.41, 5.74) is 4.25. The van der Waals surface area contributed by atoms with Crippen molar-refractivity contribution < 1.29 is 9.05 Å². The number of aryl methyl sites for hydroxylation is 2. The van der Waals surface area contributed by atoms with Gasteiger partial charge in [-0.15, -0.1) is 0 Å². The number of hydrogen-bond donors (Lipinski definition) is 0. The molecule has 0 aliphatic carbocycles. The monoisotopic (exact) mass is 596 g/mol. The summed E-state index contributed by atoms with van der Waals surface area (Å²) in [5.74, 6) is 2.04. The summed E-state index contributed by atoms with van der Waals surface area (Å²) in [6.07, 6.45) is 31.6. The van der Waals surface area contributed by atoms with Crippen molar-refractivity contribution >= 4 is 9.03 Å². The van der Waals surface area contributed by atoms with Gasteiger partial charge >= 0.3 is 0 Å². The topological polar surface area (TPSA) is 18.5 Å². The third kappa shape index (κ3) is 16.9. The molecular weight excluding hydrogens is 531 g/mol. The molecule has 42 heavy (non-hydrogen) atoms. The van der Waals surface area contributed by atoms with Gasteiger partial charge in [-0.2, -0.15) is 0 Å². The van der Waals surface area contributed by atoms with Crippen LogP contribution in [0, 0.1) is 0 Å². The van der Waals surface area contributed by atoms with Crippen LogP contribution in [-0.4, -0.2) is 0 Å². The minimum absolute atomic E-state index is 0.0116. The lowest BCUT2D eigenvalue weighted by Crippen LogP contribution is -2.00. The van der Waals surface area contributed by atoms with E-state index in [-0.39, 0.29) is 9.03 Å². The average molecular weight is 597 g/mol. The summed E-state index contributed by atoms with van der Waals surface area (Å²) in [7, 11) is -0.0116. The molecule has 0 saturated carbocycles. The lowest BCUT2D eigenvalue weighted by Gasteiger charge is -2.17. The molecule has 238 valence electrons. The van der Waals surface area contributed by atoms with Crippen molar-refractivity contribution in [1.82, 2.24) is 0 Å². The number of para-hydroxylation sites is 1. The third-order valence-electron chi connectivity index (χ3n) is 8.64. The Kier molecular flexibility index (Phi) is 22.6. The fraction of sp³-hybridized carbons (Fsp3) is 0.692. The molecule has 2 aromatic carbocycles. The van der Waals surface area contributed by atoms with Gasteiger partial charge in [-0.05, 0) is 67.3 Å². The predicted molar refractivity (Wildman–Crippen MR) is 188 cm³/mol. The van der Waals surface area contributed by atoms with Gasteiger partial charge in [-0.3, -0.25) is 0 Å². The summed E-state index contributed by atoms with van der Waals surface area (Å²) < 4.78 is 12.7. The Hall–Kier alpha value is -1.53. The van der Waals surface area contributed by atoms with Crippen LogP contribution < -0.4 is 9.05 Å². The Labute approximate surface area is 263 Å². The van der Waals surface area contributed by atoms with E-state index in [2.05, 4.69) is 63.2 Å². The maximum Gasteiger partial charge on any atom is 0.275 e. The molecule has 0 fully saturated rings. The number of hydrogen-bond acceptors (Lipinski definition) is 2. The van der Waals surface area contributed by atoms with Gasteiger partial charge in [-0.25, -0.2) is 0 Å². The van der Waals surface area contributed by atoms with E-state index in [1.807, 2.05) is 0 Å². The summed E-state index contributed by atoms with van der Waals surface area (Å²) in [4.78, 5) is 0. The van der Waals surface area contributed by atoms with Crippen molar-refractivity contribution in [3.05, 3.63) is 59.2 Å². The Morgan fingerprint density at radius 2 is 0.810 bits per heavy atom. The predicted octanol–water partition coefficient (Wildman–Crippen LogP) is 13.5. The van der Waals surface area contributed by atoms with E-state index in [9.17, 15) is 0 Å². The highest BCUT2D eigenvalue weighted by Crippen LogP contribution is 2.33. The number of benzene rings is 2. The van der Waals surface area contributed by atoms with Crippen molar-refractivity contribution in [3.63, 3.8) is 0 Å². The molecule has 0 N–H and O–H groups in total. The van der Waals surface area contributed by atoms with Crippen LogP contribution in [0.2, 0.25) is 0 Å². The maximum atomic E-state index is 6.40. The lowest BCUT2D eigenvalue weighted by molar-refractivity contribution is 0.503. The van der Waals surface area contributed by atoms with Gasteiger partial charge in [0, 0.05) is 0 Å². The molecule has 0 saturated heterocycles. The van der Waals surface area contributed by atoms with E-state index in [1.54, 1.807) is 0 Å². The van der Waals surface area contributed by atoms with E-state index in [0.717, 1.165) is 24.3 Å². The molecule has 0 aliphatic rings. The second kappa shape index (κ2) is 25.9. The second-order valence-corrected chi connectivity index (χ2v) is 13.0. The maximum absolute atomic E-state index is 6.40. The van der Waals surface area contributed by atoms with Crippen LogP contribution in [0.15, 0.2) is 42.5 Å².